The van der Waals surface area contributed by atoms with Crippen LogP contribution in [0.3, 0.4) is 0 Å². The summed E-state index contributed by atoms with van der Waals surface area (Å²) in [4.78, 5) is 36.8. The molecular formula is C20H22N2O5S. The van der Waals surface area contributed by atoms with Crippen LogP contribution in [0.15, 0.2) is 18.2 Å². The first kappa shape index (κ1) is 20.0. The fourth-order valence-electron chi connectivity index (χ4n) is 3.25. The third-order valence-electron chi connectivity index (χ3n) is 4.95. The van der Waals surface area contributed by atoms with Crippen molar-refractivity contribution >= 4 is 34.6 Å². The number of hydrogen-bond acceptors (Lipinski definition) is 6. The molecular weight excluding hydrogens is 380 g/mol. The number of carbonyl (C=O) groups excluding carboxylic acids is 2. The minimum Gasteiger partial charge on any atom is -0.451 e. The molecule has 0 fully saturated rings. The number of thiophene rings is 1. The van der Waals surface area contributed by atoms with E-state index in [2.05, 4.69) is 12.2 Å². The number of nitro benzene ring substituents is 1. The number of nitrogens with one attached hydrogen (secondary N) is 1. The van der Waals surface area contributed by atoms with Crippen molar-refractivity contribution in [1.29, 1.82) is 0 Å². The quantitative estimate of drug-likeness (QED) is 0.459. The van der Waals surface area contributed by atoms with E-state index in [1.54, 1.807) is 19.9 Å². The normalized spacial score (nSPS) is 15.6. The van der Waals surface area contributed by atoms with Crippen molar-refractivity contribution < 1.29 is 19.2 Å². The third-order valence-corrected chi connectivity index (χ3v) is 6.16. The van der Waals surface area contributed by atoms with Gasteiger partial charge in [-0.05, 0) is 67.9 Å². The summed E-state index contributed by atoms with van der Waals surface area (Å²) in [5.41, 5.74) is 2.66. The van der Waals surface area contributed by atoms with Crippen LogP contribution in [-0.2, 0) is 22.4 Å². The van der Waals surface area contributed by atoms with Gasteiger partial charge in [0.2, 0.25) is 0 Å². The lowest BCUT2D eigenvalue weighted by Gasteiger charge is -2.16. The topological polar surface area (TPSA) is 98.5 Å². The second-order valence-electron chi connectivity index (χ2n) is 7.24. The van der Waals surface area contributed by atoms with Crippen LogP contribution >= 0.6 is 11.3 Å². The number of ether oxygens (including phenoxy) is 1. The van der Waals surface area contributed by atoms with Crippen molar-refractivity contribution in [3.8, 4) is 0 Å². The van der Waals surface area contributed by atoms with E-state index in [9.17, 15) is 19.7 Å². The van der Waals surface area contributed by atoms with E-state index in [1.807, 2.05) is 6.07 Å². The molecule has 0 saturated carbocycles. The molecule has 0 bridgehead atoms. The number of esters is 1. The zero-order valence-electron chi connectivity index (χ0n) is 16.0. The largest absolute Gasteiger partial charge is 0.451 e. The number of hydrogen-bond donors (Lipinski definition) is 1. The summed E-state index contributed by atoms with van der Waals surface area (Å²) in [6.45, 7) is 5.25. The number of anilines is 1. The predicted octanol–water partition coefficient (Wildman–Crippen LogP) is 4.19. The lowest BCUT2D eigenvalue weighted by molar-refractivity contribution is -0.384. The molecule has 2 aromatic rings. The highest BCUT2D eigenvalue weighted by Crippen LogP contribution is 2.32. The number of carbonyl (C=O) groups is 2. The van der Waals surface area contributed by atoms with Crippen molar-refractivity contribution in [1.82, 2.24) is 0 Å². The standard InChI is InChI=1S/C20H22N2O5S/c1-11-4-5-17-14(6-11)9-18(28-17)20(24)27-10-19(23)21-15-7-12(2)13(3)8-16(15)22(25)26/h7-9,11H,4-6,10H2,1-3H3,(H,21,23). The molecule has 7 nitrogen and oxygen atoms in total. The Kier molecular flexibility index (Phi) is 5.79. The molecule has 0 spiro atoms. The van der Waals surface area contributed by atoms with E-state index in [0.29, 0.717) is 10.8 Å². The van der Waals surface area contributed by atoms with Crippen molar-refractivity contribution in [2.24, 2.45) is 5.92 Å². The molecule has 1 heterocycles. The van der Waals surface area contributed by atoms with Crippen LogP contribution in [-0.4, -0.2) is 23.4 Å². The van der Waals surface area contributed by atoms with Crippen LogP contribution in [0.25, 0.3) is 0 Å². The monoisotopic (exact) mass is 402 g/mol. The van der Waals surface area contributed by atoms with Crippen molar-refractivity contribution in [3.63, 3.8) is 0 Å². The molecule has 148 valence electrons. The minimum absolute atomic E-state index is 0.0923. The molecule has 0 aliphatic heterocycles. The number of nitrogens with zero attached hydrogens (tertiary/aromatic N) is 1. The maximum absolute atomic E-state index is 12.3. The van der Waals surface area contributed by atoms with Gasteiger partial charge >= 0.3 is 5.97 Å². The first-order chi connectivity index (χ1) is 13.2. The summed E-state index contributed by atoms with van der Waals surface area (Å²) in [5, 5.41) is 13.7. The third kappa shape index (κ3) is 4.39. The lowest BCUT2D eigenvalue weighted by atomic mass is 9.90. The molecule has 8 heteroatoms. The van der Waals surface area contributed by atoms with Gasteiger partial charge in [-0.15, -0.1) is 11.3 Å². The van der Waals surface area contributed by atoms with E-state index in [-0.39, 0.29) is 11.4 Å². The van der Waals surface area contributed by atoms with Crippen molar-refractivity contribution in [2.45, 2.75) is 40.0 Å². The van der Waals surface area contributed by atoms with Gasteiger partial charge in [0.05, 0.1) is 4.92 Å². The van der Waals surface area contributed by atoms with Crippen LogP contribution in [0.1, 0.15) is 44.6 Å². The molecule has 0 saturated heterocycles. The summed E-state index contributed by atoms with van der Waals surface area (Å²) in [5.74, 6) is -0.558. The predicted molar refractivity (Wildman–Crippen MR) is 107 cm³/mol. The Balaban J connectivity index is 1.63. The second kappa shape index (κ2) is 8.10. The molecule has 1 aliphatic rings. The molecule has 1 aromatic heterocycles. The van der Waals surface area contributed by atoms with Gasteiger partial charge in [0.1, 0.15) is 10.6 Å². The average Bonchev–Trinajstić information content (AvgIpc) is 3.05. The van der Waals surface area contributed by atoms with E-state index in [4.69, 9.17) is 4.74 Å². The SMILES string of the molecule is Cc1cc(NC(=O)COC(=O)c2cc3c(s2)CCC(C)C3)c([N+](=O)[O-])cc1C. The van der Waals surface area contributed by atoms with Crippen molar-refractivity contribution in [3.05, 3.63) is 54.8 Å². The smallest absolute Gasteiger partial charge is 0.348 e. The fraction of sp³-hybridized carbons (Fsp3) is 0.400. The zero-order chi connectivity index (χ0) is 20.4. The van der Waals surface area contributed by atoms with Crippen LogP contribution < -0.4 is 5.32 Å². The zero-order valence-corrected chi connectivity index (χ0v) is 16.9. The van der Waals surface area contributed by atoms with Gasteiger partial charge in [0, 0.05) is 10.9 Å². The van der Waals surface area contributed by atoms with E-state index >= 15 is 0 Å². The summed E-state index contributed by atoms with van der Waals surface area (Å²) < 4.78 is 5.11. The van der Waals surface area contributed by atoms with Gasteiger partial charge in [-0.25, -0.2) is 4.79 Å². The van der Waals surface area contributed by atoms with Gasteiger partial charge in [-0.2, -0.15) is 0 Å². The summed E-state index contributed by atoms with van der Waals surface area (Å²) in [6, 6.07) is 4.81. The number of amides is 1. The first-order valence-electron chi connectivity index (χ1n) is 9.08. The van der Waals surface area contributed by atoms with E-state index in [1.165, 1.54) is 27.8 Å². The van der Waals surface area contributed by atoms with Gasteiger partial charge in [-0.3, -0.25) is 14.9 Å². The molecule has 1 atom stereocenters. The van der Waals surface area contributed by atoms with Crippen LogP contribution in [0.5, 0.6) is 0 Å². The van der Waals surface area contributed by atoms with Gasteiger partial charge in [-0.1, -0.05) is 6.92 Å². The molecule has 28 heavy (non-hydrogen) atoms. The molecule has 1 aliphatic carbocycles. The van der Waals surface area contributed by atoms with Crippen LogP contribution in [0.4, 0.5) is 11.4 Å². The number of aryl methyl sites for hydroxylation is 3. The number of benzene rings is 1. The maximum atomic E-state index is 12.3. The number of rotatable bonds is 5. The molecule has 1 unspecified atom stereocenters. The first-order valence-corrected chi connectivity index (χ1v) is 9.90. The highest BCUT2D eigenvalue weighted by Gasteiger charge is 2.22. The molecule has 3 rings (SSSR count). The molecule has 1 N–H and O–H groups in total. The Hall–Kier alpha value is -2.74. The van der Waals surface area contributed by atoms with E-state index in [0.717, 1.165) is 30.4 Å². The number of fused-ring (bicyclic) bond motifs is 1. The Morgan fingerprint density at radius 1 is 1.29 bits per heavy atom. The molecule has 1 amide bonds. The van der Waals surface area contributed by atoms with Crippen LogP contribution in [0, 0.1) is 29.9 Å². The van der Waals surface area contributed by atoms with Gasteiger partial charge < -0.3 is 10.1 Å². The average molecular weight is 402 g/mol. The summed E-state index contributed by atoms with van der Waals surface area (Å²) in [7, 11) is 0. The lowest BCUT2D eigenvalue weighted by Crippen LogP contribution is -2.21. The maximum Gasteiger partial charge on any atom is 0.348 e. The highest BCUT2D eigenvalue weighted by atomic mass is 32.1. The molecule has 1 aromatic carbocycles. The van der Waals surface area contributed by atoms with Crippen LogP contribution in [0.2, 0.25) is 0 Å². The van der Waals surface area contributed by atoms with E-state index < -0.39 is 23.4 Å². The Bertz CT molecular complexity index is 950. The molecule has 0 radical (unpaired) electrons. The Labute approximate surface area is 166 Å². The highest BCUT2D eigenvalue weighted by molar-refractivity contribution is 7.14. The number of nitro groups is 1. The van der Waals surface area contributed by atoms with Crippen molar-refractivity contribution in [2.75, 3.05) is 11.9 Å². The minimum atomic E-state index is -0.616. The second-order valence-corrected chi connectivity index (χ2v) is 8.38. The summed E-state index contributed by atoms with van der Waals surface area (Å²) >= 11 is 1.42. The Morgan fingerprint density at radius 2 is 2.00 bits per heavy atom. The Morgan fingerprint density at radius 3 is 2.71 bits per heavy atom. The fourth-order valence-corrected chi connectivity index (χ4v) is 4.35. The van der Waals surface area contributed by atoms with Gasteiger partial charge in [0.15, 0.2) is 6.61 Å². The van der Waals surface area contributed by atoms with Gasteiger partial charge in [0.25, 0.3) is 11.6 Å². The summed E-state index contributed by atoms with van der Waals surface area (Å²) in [6.07, 6.45) is 3.03.